The lowest BCUT2D eigenvalue weighted by Gasteiger charge is -2.31. The maximum atomic E-state index is 5.85. The Bertz CT molecular complexity index is 400. The Kier molecular flexibility index (Phi) is 5.37. The van der Waals surface area contributed by atoms with Crippen LogP contribution in [0.3, 0.4) is 0 Å². The summed E-state index contributed by atoms with van der Waals surface area (Å²) in [6.07, 6.45) is 1.16. The van der Waals surface area contributed by atoms with E-state index >= 15 is 0 Å². The van der Waals surface area contributed by atoms with Crippen LogP contribution in [-0.2, 0) is 15.9 Å². The number of hydrogen-bond acceptors (Lipinski definition) is 3. The molecule has 2 atom stereocenters. The van der Waals surface area contributed by atoms with Gasteiger partial charge in [0.25, 0.3) is 0 Å². The quantitative estimate of drug-likeness (QED) is 0.884. The maximum absolute atomic E-state index is 5.85. The van der Waals surface area contributed by atoms with E-state index < -0.39 is 0 Å². The zero-order valence-corrected chi connectivity index (χ0v) is 12.2. The summed E-state index contributed by atoms with van der Waals surface area (Å²) >= 11 is 0. The van der Waals surface area contributed by atoms with Gasteiger partial charge in [-0.2, -0.15) is 0 Å². The maximum Gasteiger partial charge on any atom is 0.0965 e. The van der Waals surface area contributed by atoms with E-state index in [1.165, 1.54) is 16.7 Å². The van der Waals surface area contributed by atoms with E-state index in [1.807, 2.05) is 0 Å². The molecule has 1 saturated heterocycles. The van der Waals surface area contributed by atoms with Gasteiger partial charge in [0, 0.05) is 6.04 Å². The normalized spacial score (nSPS) is 21.3. The van der Waals surface area contributed by atoms with Crippen molar-refractivity contribution in [2.24, 2.45) is 0 Å². The highest BCUT2D eigenvalue weighted by atomic mass is 16.6. The molecule has 106 valence electrons. The fraction of sp³-hybridized carbons (Fsp3) is 0.625. The highest BCUT2D eigenvalue weighted by Crippen LogP contribution is 2.16. The minimum Gasteiger partial charge on any atom is -0.376 e. The summed E-state index contributed by atoms with van der Waals surface area (Å²) in [5.41, 5.74) is 4.07. The minimum atomic E-state index is 0.161. The molecule has 0 bridgehead atoms. The van der Waals surface area contributed by atoms with Crippen LogP contribution in [0.15, 0.2) is 18.2 Å². The van der Waals surface area contributed by atoms with Crippen LogP contribution in [0.1, 0.15) is 23.6 Å². The molecule has 0 saturated carbocycles. The molecule has 3 nitrogen and oxygen atoms in total. The van der Waals surface area contributed by atoms with Gasteiger partial charge in [0.2, 0.25) is 0 Å². The molecule has 2 unspecified atom stereocenters. The highest BCUT2D eigenvalue weighted by molar-refractivity contribution is 5.31. The Morgan fingerprint density at radius 3 is 2.84 bits per heavy atom. The molecule has 1 aliphatic rings. The number of benzene rings is 1. The standard InChI is InChI=1S/C16H25NO2/c1-4-17-15(16-11-18-7-8-19-16)10-14-9-12(2)5-6-13(14)3/h5-6,9,15-17H,4,7-8,10-11H2,1-3H3. The molecule has 2 rings (SSSR count). The van der Waals surface area contributed by atoms with Crippen LogP contribution in [0.4, 0.5) is 0 Å². The van der Waals surface area contributed by atoms with Gasteiger partial charge in [0.15, 0.2) is 0 Å². The van der Waals surface area contributed by atoms with Crippen molar-refractivity contribution in [2.45, 2.75) is 39.3 Å². The van der Waals surface area contributed by atoms with Crippen molar-refractivity contribution in [3.05, 3.63) is 34.9 Å². The van der Waals surface area contributed by atoms with Crippen LogP contribution >= 0.6 is 0 Å². The summed E-state index contributed by atoms with van der Waals surface area (Å²) in [4.78, 5) is 0. The Morgan fingerprint density at radius 1 is 1.32 bits per heavy atom. The van der Waals surface area contributed by atoms with E-state index in [-0.39, 0.29) is 6.10 Å². The van der Waals surface area contributed by atoms with Crippen LogP contribution in [0.25, 0.3) is 0 Å². The fourth-order valence-electron chi connectivity index (χ4n) is 2.59. The van der Waals surface area contributed by atoms with E-state index in [0.29, 0.717) is 19.3 Å². The van der Waals surface area contributed by atoms with E-state index in [2.05, 4.69) is 44.3 Å². The van der Waals surface area contributed by atoms with E-state index in [0.717, 1.165) is 19.6 Å². The predicted molar refractivity (Wildman–Crippen MR) is 77.6 cm³/mol. The van der Waals surface area contributed by atoms with Crippen LogP contribution < -0.4 is 5.32 Å². The van der Waals surface area contributed by atoms with Gasteiger partial charge in [0.1, 0.15) is 0 Å². The van der Waals surface area contributed by atoms with Gasteiger partial charge in [-0.15, -0.1) is 0 Å². The Balaban J connectivity index is 2.08. The first kappa shape index (κ1) is 14.5. The second-order valence-electron chi connectivity index (χ2n) is 5.28. The molecule has 19 heavy (non-hydrogen) atoms. The van der Waals surface area contributed by atoms with Gasteiger partial charge < -0.3 is 14.8 Å². The van der Waals surface area contributed by atoms with E-state index in [9.17, 15) is 0 Å². The molecule has 0 spiro atoms. The molecule has 0 amide bonds. The van der Waals surface area contributed by atoms with Crippen molar-refractivity contribution in [2.75, 3.05) is 26.4 Å². The molecule has 1 aromatic rings. The summed E-state index contributed by atoms with van der Waals surface area (Å²) in [5, 5.41) is 3.54. The summed E-state index contributed by atoms with van der Waals surface area (Å²) in [6.45, 7) is 9.54. The van der Waals surface area contributed by atoms with Gasteiger partial charge in [-0.1, -0.05) is 30.7 Å². The van der Waals surface area contributed by atoms with Gasteiger partial charge in [-0.3, -0.25) is 0 Å². The third-order valence-electron chi connectivity index (χ3n) is 3.70. The molecule has 1 heterocycles. The van der Waals surface area contributed by atoms with E-state index in [1.54, 1.807) is 0 Å². The van der Waals surface area contributed by atoms with Crippen molar-refractivity contribution in [1.82, 2.24) is 5.32 Å². The second kappa shape index (κ2) is 7.04. The van der Waals surface area contributed by atoms with Crippen molar-refractivity contribution >= 4 is 0 Å². The second-order valence-corrected chi connectivity index (χ2v) is 5.28. The topological polar surface area (TPSA) is 30.5 Å². The van der Waals surface area contributed by atoms with Crippen molar-refractivity contribution in [3.63, 3.8) is 0 Å². The van der Waals surface area contributed by atoms with Gasteiger partial charge in [0.05, 0.1) is 25.9 Å². The molecule has 0 aliphatic carbocycles. The molecule has 1 N–H and O–H groups in total. The first-order chi connectivity index (χ1) is 9.20. The molecule has 1 aliphatic heterocycles. The lowest BCUT2D eigenvalue weighted by molar-refractivity contribution is -0.101. The monoisotopic (exact) mass is 263 g/mol. The van der Waals surface area contributed by atoms with Gasteiger partial charge in [-0.05, 0) is 37.9 Å². The predicted octanol–water partition coefficient (Wildman–Crippen LogP) is 2.24. The number of nitrogens with one attached hydrogen (secondary N) is 1. The fourth-order valence-corrected chi connectivity index (χ4v) is 2.59. The lowest BCUT2D eigenvalue weighted by atomic mass is 9.96. The largest absolute Gasteiger partial charge is 0.376 e. The van der Waals surface area contributed by atoms with Crippen LogP contribution in [0, 0.1) is 13.8 Å². The lowest BCUT2D eigenvalue weighted by Crippen LogP contribution is -2.48. The number of ether oxygens (including phenoxy) is 2. The number of likely N-dealkylation sites (N-methyl/N-ethyl adjacent to an activating group) is 1. The molecular formula is C16H25NO2. The summed E-state index contributed by atoms with van der Waals surface area (Å²) < 4.78 is 11.4. The minimum absolute atomic E-state index is 0.161. The van der Waals surface area contributed by atoms with Crippen molar-refractivity contribution in [3.8, 4) is 0 Å². The Morgan fingerprint density at radius 2 is 2.16 bits per heavy atom. The number of rotatable bonds is 5. The first-order valence-electron chi connectivity index (χ1n) is 7.19. The molecule has 1 fully saturated rings. The zero-order chi connectivity index (χ0) is 13.7. The highest BCUT2D eigenvalue weighted by Gasteiger charge is 2.25. The van der Waals surface area contributed by atoms with Crippen LogP contribution in [0.2, 0.25) is 0 Å². The molecular weight excluding hydrogens is 238 g/mol. The smallest absolute Gasteiger partial charge is 0.0965 e. The Hall–Kier alpha value is -0.900. The third-order valence-corrected chi connectivity index (χ3v) is 3.70. The molecule has 1 aromatic carbocycles. The summed E-state index contributed by atoms with van der Waals surface area (Å²) in [5.74, 6) is 0. The number of aryl methyl sites for hydroxylation is 2. The average Bonchev–Trinajstić information content (AvgIpc) is 2.43. The van der Waals surface area contributed by atoms with E-state index in [4.69, 9.17) is 9.47 Å². The van der Waals surface area contributed by atoms with Gasteiger partial charge >= 0.3 is 0 Å². The molecule has 0 aromatic heterocycles. The van der Waals surface area contributed by atoms with Crippen LogP contribution in [0.5, 0.6) is 0 Å². The summed E-state index contributed by atoms with van der Waals surface area (Å²) in [6, 6.07) is 6.97. The Labute approximate surface area is 116 Å². The SMILES string of the molecule is CCNC(Cc1cc(C)ccc1C)C1COCCO1. The van der Waals surface area contributed by atoms with Crippen LogP contribution in [-0.4, -0.2) is 38.5 Å². The van der Waals surface area contributed by atoms with Crippen molar-refractivity contribution < 1.29 is 9.47 Å². The summed E-state index contributed by atoms with van der Waals surface area (Å²) in [7, 11) is 0. The third kappa shape index (κ3) is 4.03. The van der Waals surface area contributed by atoms with Gasteiger partial charge in [-0.25, -0.2) is 0 Å². The number of hydrogen-bond donors (Lipinski definition) is 1. The molecule has 0 radical (unpaired) electrons. The first-order valence-corrected chi connectivity index (χ1v) is 7.19. The van der Waals surface area contributed by atoms with Crippen molar-refractivity contribution in [1.29, 1.82) is 0 Å². The zero-order valence-electron chi connectivity index (χ0n) is 12.2. The average molecular weight is 263 g/mol. The molecule has 3 heteroatoms.